The molecule has 0 spiro atoms. The van der Waals surface area contributed by atoms with Gasteiger partial charge < -0.3 is 5.32 Å². The summed E-state index contributed by atoms with van der Waals surface area (Å²) in [5.41, 5.74) is 0. The number of sulfonamides is 1. The van der Waals surface area contributed by atoms with Crippen molar-refractivity contribution in [3.63, 3.8) is 0 Å². The largest absolute Gasteiger partial charge is 0.319 e. The number of hydrogen-bond donors (Lipinski definition) is 1. The Morgan fingerprint density at radius 3 is 2.80 bits per heavy atom. The van der Waals surface area contributed by atoms with Crippen molar-refractivity contribution >= 4 is 33.2 Å². The van der Waals surface area contributed by atoms with E-state index in [-0.39, 0.29) is 9.92 Å². The van der Waals surface area contributed by atoms with Gasteiger partial charge in [-0.25, -0.2) is 8.42 Å². The maximum absolute atomic E-state index is 12.6. The molecule has 0 radical (unpaired) electrons. The molecule has 1 fully saturated rings. The fourth-order valence-electron chi connectivity index (χ4n) is 2.52. The number of hydrogen-bond acceptors (Lipinski definition) is 3. The van der Waals surface area contributed by atoms with Crippen molar-refractivity contribution < 1.29 is 8.42 Å². The molecule has 1 aliphatic rings. The quantitative estimate of drug-likeness (QED) is 0.919. The zero-order valence-corrected chi connectivity index (χ0v) is 13.6. The van der Waals surface area contributed by atoms with Crippen LogP contribution < -0.4 is 5.32 Å². The van der Waals surface area contributed by atoms with E-state index in [4.69, 9.17) is 23.2 Å². The molecule has 7 heteroatoms. The molecule has 0 saturated carbocycles. The van der Waals surface area contributed by atoms with Gasteiger partial charge >= 0.3 is 0 Å². The van der Waals surface area contributed by atoms with Gasteiger partial charge in [0, 0.05) is 18.1 Å². The Balaban J connectivity index is 2.25. The minimum absolute atomic E-state index is 0.133. The first-order chi connectivity index (χ1) is 9.45. The summed E-state index contributed by atoms with van der Waals surface area (Å²) in [5.74, 6) is 0.342. The van der Waals surface area contributed by atoms with Gasteiger partial charge in [-0.1, -0.05) is 23.2 Å². The van der Waals surface area contributed by atoms with Crippen LogP contribution in [0, 0.1) is 5.92 Å². The highest BCUT2D eigenvalue weighted by Crippen LogP contribution is 2.29. The SMILES string of the molecule is CNCC1CCCN(S(=O)(=O)c2ccc(Cl)cc2Cl)C1. The fourth-order valence-corrected chi connectivity index (χ4v) is 4.83. The Bertz CT molecular complexity index is 576. The van der Waals surface area contributed by atoms with Gasteiger partial charge in [-0.15, -0.1) is 0 Å². The number of nitrogens with zero attached hydrogens (tertiary/aromatic N) is 1. The van der Waals surface area contributed by atoms with E-state index in [1.54, 1.807) is 6.07 Å². The van der Waals surface area contributed by atoms with E-state index in [0.29, 0.717) is 24.0 Å². The Morgan fingerprint density at radius 1 is 1.40 bits per heavy atom. The molecule has 1 aromatic rings. The molecule has 4 nitrogen and oxygen atoms in total. The topological polar surface area (TPSA) is 49.4 Å². The van der Waals surface area contributed by atoms with Crippen molar-refractivity contribution in [2.24, 2.45) is 5.92 Å². The second kappa shape index (κ2) is 6.62. The Labute approximate surface area is 130 Å². The van der Waals surface area contributed by atoms with Crippen LogP contribution in [0.15, 0.2) is 23.1 Å². The van der Waals surface area contributed by atoms with Crippen LogP contribution in [0.3, 0.4) is 0 Å². The normalized spacial score (nSPS) is 21.1. The summed E-state index contributed by atoms with van der Waals surface area (Å²) in [4.78, 5) is 0.133. The van der Waals surface area contributed by atoms with E-state index in [9.17, 15) is 8.42 Å². The molecule has 1 heterocycles. The third kappa shape index (κ3) is 3.46. The smallest absolute Gasteiger partial charge is 0.244 e. The summed E-state index contributed by atoms with van der Waals surface area (Å²) < 4.78 is 26.8. The van der Waals surface area contributed by atoms with Gasteiger partial charge in [-0.3, -0.25) is 0 Å². The molecule has 0 amide bonds. The van der Waals surface area contributed by atoms with Crippen LogP contribution in [-0.2, 0) is 10.0 Å². The number of benzene rings is 1. The number of rotatable bonds is 4. The summed E-state index contributed by atoms with van der Waals surface area (Å²) >= 11 is 11.8. The van der Waals surface area contributed by atoms with Gasteiger partial charge in [0.25, 0.3) is 0 Å². The molecule has 1 aromatic carbocycles. The fraction of sp³-hybridized carbons (Fsp3) is 0.538. The monoisotopic (exact) mass is 336 g/mol. The standard InChI is InChI=1S/C13H18Cl2N2O2S/c1-16-8-10-3-2-6-17(9-10)20(18,19)13-5-4-11(14)7-12(13)15/h4-5,7,10,16H,2-3,6,8-9H2,1H3. The van der Waals surface area contributed by atoms with Crippen molar-refractivity contribution in [3.05, 3.63) is 28.2 Å². The van der Waals surface area contributed by atoms with Crippen molar-refractivity contribution in [1.29, 1.82) is 0 Å². The summed E-state index contributed by atoms with van der Waals surface area (Å²) in [6.07, 6.45) is 1.91. The minimum atomic E-state index is -3.55. The van der Waals surface area contributed by atoms with E-state index in [2.05, 4.69) is 5.32 Å². The van der Waals surface area contributed by atoms with Gasteiger partial charge in [-0.2, -0.15) is 4.31 Å². The third-order valence-electron chi connectivity index (χ3n) is 3.49. The second-order valence-electron chi connectivity index (χ2n) is 5.00. The zero-order valence-electron chi connectivity index (χ0n) is 11.3. The van der Waals surface area contributed by atoms with Crippen LogP contribution in [0.5, 0.6) is 0 Å². The number of piperidine rings is 1. The maximum Gasteiger partial charge on any atom is 0.244 e. The first-order valence-electron chi connectivity index (χ1n) is 6.55. The van der Waals surface area contributed by atoms with Gasteiger partial charge in [-0.05, 0) is 50.6 Å². The average molecular weight is 337 g/mol. The molecule has 1 saturated heterocycles. The first-order valence-corrected chi connectivity index (χ1v) is 8.74. The lowest BCUT2D eigenvalue weighted by molar-refractivity contribution is 0.263. The predicted octanol–water partition coefficient (Wildman–Crippen LogP) is 2.61. The van der Waals surface area contributed by atoms with Crippen LogP contribution in [0.25, 0.3) is 0 Å². The molecule has 0 bridgehead atoms. The van der Waals surface area contributed by atoms with Crippen LogP contribution >= 0.6 is 23.2 Å². The van der Waals surface area contributed by atoms with Gasteiger partial charge in [0.05, 0.1) is 5.02 Å². The van der Waals surface area contributed by atoms with Crippen molar-refractivity contribution in [2.75, 3.05) is 26.7 Å². The molecule has 0 aromatic heterocycles. The Hall–Kier alpha value is -0.330. The van der Waals surface area contributed by atoms with E-state index in [0.717, 1.165) is 19.4 Å². The molecule has 2 rings (SSSR count). The van der Waals surface area contributed by atoms with Crippen LogP contribution in [0.1, 0.15) is 12.8 Å². The number of halogens is 2. The molecule has 1 unspecified atom stereocenters. The van der Waals surface area contributed by atoms with E-state index < -0.39 is 10.0 Å². The van der Waals surface area contributed by atoms with Crippen molar-refractivity contribution in [1.82, 2.24) is 9.62 Å². The first kappa shape index (κ1) is 16.0. The highest BCUT2D eigenvalue weighted by Gasteiger charge is 2.31. The molecule has 1 aliphatic heterocycles. The lowest BCUT2D eigenvalue weighted by Crippen LogP contribution is -2.42. The zero-order chi connectivity index (χ0) is 14.8. The summed E-state index contributed by atoms with van der Waals surface area (Å²) in [6, 6.07) is 4.49. The predicted molar refractivity (Wildman–Crippen MR) is 81.9 cm³/mol. The van der Waals surface area contributed by atoms with E-state index in [1.807, 2.05) is 7.05 Å². The maximum atomic E-state index is 12.6. The van der Waals surface area contributed by atoms with Crippen LogP contribution in [-0.4, -0.2) is 39.4 Å². The lowest BCUT2D eigenvalue weighted by Gasteiger charge is -2.32. The summed E-state index contributed by atoms with van der Waals surface area (Å²) in [6.45, 7) is 1.89. The van der Waals surface area contributed by atoms with Crippen LogP contribution in [0.2, 0.25) is 10.0 Å². The molecule has 112 valence electrons. The average Bonchev–Trinajstić information content (AvgIpc) is 2.39. The van der Waals surface area contributed by atoms with Crippen LogP contribution in [0.4, 0.5) is 0 Å². The highest BCUT2D eigenvalue weighted by molar-refractivity contribution is 7.89. The minimum Gasteiger partial charge on any atom is -0.319 e. The lowest BCUT2D eigenvalue weighted by atomic mass is 10.00. The Kier molecular flexibility index (Phi) is 5.31. The third-order valence-corrected chi connectivity index (χ3v) is 6.07. The van der Waals surface area contributed by atoms with Gasteiger partial charge in [0.2, 0.25) is 10.0 Å². The summed E-state index contributed by atoms with van der Waals surface area (Å²) in [7, 11) is -1.67. The summed E-state index contributed by atoms with van der Waals surface area (Å²) in [5, 5.41) is 3.71. The second-order valence-corrected chi connectivity index (χ2v) is 7.75. The van der Waals surface area contributed by atoms with Crippen molar-refractivity contribution in [3.8, 4) is 0 Å². The Morgan fingerprint density at radius 2 is 2.15 bits per heavy atom. The number of nitrogens with one attached hydrogen (secondary N) is 1. The van der Waals surface area contributed by atoms with E-state index in [1.165, 1.54) is 16.4 Å². The molecule has 1 atom stereocenters. The van der Waals surface area contributed by atoms with E-state index >= 15 is 0 Å². The molecule has 20 heavy (non-hydrogen) atoms. The van der Waals surface area contributed by atoms with Gasteiger partial charge in [0.15, 0.2) is 0 Å². The highest BCUT2D eigenvalue weighted by atomic mass is 35.5. The molecular formula is C13H18Cl2N2O2S. The van der Waals surface area contributed by atoms with Gasteiger partial charge in [0.1, 0.15) is 4.90 Å². The van der Waals surface area contributed by atoms with Crippen molar-refractivity contribution in [2.45, 2.75) is 17.7 Å². The molecule has 0 aliphatic carbocycles. The molecular weight excluding hydrogens is 319 g/mol. The molecule has 1 N–H and O–H groups in total.